The fourth-order valence-corrected chi connectivity index (χ4v) is 2.07. The van der Waals surface area contributed by atoms with E-state index in [-0.39, 0.29) is 4.95 Å². The lowest BCUT2D eigenvalue weighted by atomic mass is 10.1. The zero-order valence-corrected chi connectivity index (χ0v) is 10.1. The van der Waals surface area contributed by atoms with Crippen molar-refractivity contribution < 1.29 is 13.9 Å². The van der Waals surface area contributed by atoms with Crippen molar-refractivity contribution in [3.8, 4) is 0 Å². The van der Waals surface area contributed by atoms with E-state index >= 15 is 0 Å². The molecule has 4 nitrogen and oxygen atoms in total. The summed E-state index contributed by atoms with van der Waals surface area (Å²) < 4.78 is 17.6. The number of anilines is 1. The molecule has 1 aliphatic heterocycles. The van der Waals surface area contributed by atoms with Gasteiger partial charge in [-0.15, -0.1) is 0 Å². The fourth-order valence-electron chi connectivity index (χ4n) is 1.50. The number of rotatable bonds is 2. The minimum absolute atomic E-state index is 0.308. The first kappa shape index (κ1) is 11.3. The topological polar surface area (TPSA) is 42.4 Å². The van der Waals surface area contributed by atoms with Crippen LogP contribution < -0.4 is 4.90 Å². The van der Waals surface area contributed by atoms with Gasteiger partial charge in [0.2, 0.25) is 0 Å². The van der Waals surface area contributed by atoms with E-state index in [1.165, 1.54) is 13.3 Å². The number of nitrogens with zero attached hydrogens (tertiary/aromatic N) is 2. The highest BCUT2D eigenvalue weighted by Crippen LogP contribution is 2.32. The SMILES string of the molecule is COC(=O)c1cncc(N2CC(F)C2Br)c1. The average molecular weight is 289 g/mol. The highest BCUT2D eigenvalue weighted by Gasteiger charge is 2.37. The van der Waals surface area contributed by atoms with Gasteiger partial charge in [-0.1, -0.05) is 15.9 Å². The van der Waals surface area contributed by atoms with Gasteiger partial charge >= 0.3 is 5.97 Å². The predicted octanol–water partition coefficient (Wildman–Crippen LogP) is 1.75. The molecule has 0 bridgehead atoms. The summed E-state index contributed by atoms with van der Waals surface area (Å²) in [5, 5.41) is 0. The highest BCUT2D eigenvalue weighted by molar-refractivity contribution is 9.09. The maximum absolute atomic E-state index is 13.0. The molecule has 6 heteroatoms. The van der Waals surface area contributed by atoms with Gasteiger partial charge in [0.1, 0.15) is 11.1 Å². The van der Waals surface area contributed by atoms with Crippen LogP contribution in [0.3, 0.4) is 0 Å². The molecule has 1 saturated heterocycles. The second-order valence-electron chi connectivity index (χ2n) is 3.46. The molecule has 0 aliphatic carbocycles. The molecule has 0 spiro atoms. The number of carbonyl (C=O) groups is 1. The van der Waals surface area contributed by atoms with E-state index in [4.69, 9.17) is 0 Å². The average Bonchev–Trinajstić information content (AvgIpc) is 2.34. The van der Waals surface area contributed by atoms with Crippen LogP contribution in [0.4, 0.5) is 10.1 Å². The quantitative estimate of drug-likeness (QED) is 0.472. The van der Waals surface area contributed by atoms with Crippen LogP contribution in [0.1, 0.15) is 10.4 Å². The summed E-state index contributed by atoms with van der Waals surface area (Å²) in [5.41, 5.74) is 1.07. The Hall–Kier alpha value is -1.17. The van der Waals surface area contributed by atoms with Crippen molar-refractivity contribution >= 4 is 27.6 Å². The lowest BCUT2D eigenvalue weighted by molar-refractivity contribution is 0.0600. The molecule has 2 unspecified atom stereocenters. The van der Waals surface area contributed by atoms with E-state index in [9.17, 15) is 9.18 Å². The van der Waals surface area contributed by atoms with Crippen molar-refractivity contribution in [1.82, 2.24) is 4.98 Å². The molecule has 2 heterocycles. The summed E-state index contributed by atoms with van der Waals surface area (Å²) in [7, 11) is 1.31. The first-order valence-electron chi connectivity index (χ1n) is 4.71. The minimum atomic E-state index is -0.887. The highest BCUT2D eigenvalue weighted by atomic mass is 79.9. The Labute approximate surface area is 101 Å². The van der Waals surface area contributed by atoms with E-state index in [0.717, 1.165) is 0 Å². The molecule has 0 saturated carbocycles. The lowest BCUT2D eigenvalue weighted by Crippen LogP contribution is -2.54. The van der Waals surface area contributed by atoms with E-state index in [1.54, 1.807) is 17.2 Å². The zero-order chi connectivity index (χ0) is 11.7. The van der Waals surface area contributed by atoms with E-state index in [0.29, 0.717) is 17.8 Å². The number of methoxy groups -OCH3 is 1. The van der Waals surface area contributed by atoms with Crippen LogP contribution >= 0.6 is 15.9 Å². The number of hydrogen-bond acceptors (Lipinski definition) is 4. The summed E-state index contributed by atoms with van der Waals surface area (Å²) in [6.07, 6.45) is 2.12. The molecule has 0 amide bonds. The molecule has 1 aromatic heterocycles. The minimum Gasteiger partial charge on any atom is -0.465 e. The molecular formula is C10H10BrFN2O2. The Bertz CT molecular complexity index is 416. The Morgan fingerprint density at radius 3 is 3.00 bits per heavy atom. The maximum atomic E-state index is 13.0. The monoisotopic (exact) mass is 288 g/mol. The van der Waals surface area contributed by atoms with Crippen molar-refractivity contribution in [3.63, 3.8) is 0 Å². The molecule has 1 aliphatic rings. The Kier molecular flexibility index (Phi) is 3.09. The number of pyridine rings is 1. The van der Waals surface area contributed by atoms with Crippen LogP contribution in [0.2, 0.25) is 0 Å². The molecular weight excluding hydrogens is 279 g/mol. The first-order valence-corrected chi connectivity index (χ1v) is 5.63. The second kappa shape index (κ2) is 4.37. The van der Waals surface area contributed by atoms with Gasteiger partial charge in [-0.2, -0.15) is 0 Å². The Morgan fingerprint density at radius 1 is 1.69 bits per heavy atom. The summed E-state index contributed by atoms with van der Waals surface area (Å²) in [4.78, 5) is 16.6. The molecule has 0 N–H and O–H groups in total. The summed E-state index contributed by atoms with van der Waals surface area (Å²) >= 11 is 3.21. The summed E-state index contributed by atoms with van der Waals surface area (Å²) in [5.74, 6) is -0.446. The van der Waals surface area contributed by atoms with E-state index in [2.05, 4.69) is 25.7 Å². The van der Waals surface area contributed by atoms with Gasteiger partial charge in [0.15, 0.2) is 0 Å². The third-order valence-electron chi connectivity index (χ3n) is 2.44. The van der Waals surface area contributed by atoms with E-state index in [1.807, 2.05) is 0 Å². The number of alkyl halides is 2. The molecule has 16 heavy (non-hydrogen) atoms. The van der Waals surface area contributed by atoms with Gasteiger partial charge in [0.25, 0.3) is 0 Å². The van der Waals surface area contributed by atoms with Crippen molar-refractivity contribution in [2.75, 3.05) is 18.6 Å². The molecule has 1 aromatic rings. The summed E-state index contributed by atoms with van der Waals surface area (Å²) in [6, 6.07) is 1.64. The maximum Gasteiger partial charge on any atom is 0.339 e. The second-order valence-corrected chi connectivity index (χ2v) is 4.40. The first-order chi connectivity index (χ1) is 7.63. The zero-order valence-electron chi connectivity index (χ0n) is 8.56. The number of carbonyl (C=O) groups excluding carboxylic acids is 1. The van der Waals surface area contributed by atoms with Crippen molar-refractivity contribution in [2.24, 2.45) is 0 Å². The largest absolute Gasteiger partial charge is 0.465 e. The molecule has 0 aromatic carbocycles. The van der Waals surface area contributed by atoms with Crippen molar-refractivity contribution in [3.05, 3.63) is 24.0 Å². The van der Waals surface area contributed by atoms with Gasteiger partial charge in [0, 0.05) is 6.20 Å². The molecule has 2 rings (SSSR count). The number of halogens is 2. The van der Waals surface area contributed by atoms with Gasteiger partial charge < -0.3 is 9.64 Å². The third kappa shape index (κ3) is 1.89. The van der Waals surface area contributed by atoms with Crippen molar-refractivity contribution in [1.29, 1.82) is 0 Å². The van der Waals surface area contributed by atoms with Crippen LogP contribution in [-0.2, 0) is 4.74 Å². The number of aromatic nitrogens is 1. The third-order valence-corrected chi connectivity index (χ3v) is 3.51. The van der Waals surface area contributed by atoms with Gasteiger partial charge in [0.05, 0.1) is 31.1 Å². The number of esters is 1. The molecule has 1 fully saturated rings. The van der Waals surface area contributed by atoms with Crippen LogP contribution in [0.25, 0.3) is 0 Å². The van der Waals surface area contributed by atoms with Gasteiger partial charge in [-0.25, -0.2) is 9.18 Å². The molecule has 86 valence electrons. The smallest absolute Gasteiger partial charge is 0.339 e. The Morgan fingerprint density at radius 2 is 2.44 bits per heavy atom. The van der Waals surface area contributed by atoms with Gasteiger partial charge in [-0.05, 0) is 6.07 Å². The standard InChI is InChI=1S/C10H10BrFN2O2/c1-16-10(15)6-2-7(4-13-3-6)14-5-8(12)9(14)11/h2-4,8-9H,5H2,1H3. The van der Waals surface area contributed by atoms with Crippen LogP contribution in [0.5, 0.6) is 0 Å². The van der Waals surface area contributed by atoms with Crippen molar-refractivity contribution in [2.45, 2.75) is 11.1 Å². The number of ether oxygens (including phenoxy) is 1. The van der Waals surface area contributed by atoms with Crippen LogP contribution in [-0.4, -0.2) is 35.7 Å². The summed E-state index contributed by atoms with van der Waals surface area (Å²) in [6.45, 7) is 0.308. The lowest BCUT2D eigenvalue weighted by Gasteiger charge is -2.41. The van der Waals surface area contributed by atoms with Crippen LogP contribution in [0, 0.1) is 0 Å². The normalized spacial score (nSPS) is 23.8. The molecule has 0 radical (unpaired) electrons. The number of hydrogen-bond donors (Lipinski definition) is 0. The Balaban J connectivity index is 2.20. The molecule has 2 atom stereocenters. The van der Waals surface area contributed by atoms with Gasteiger partial charge in [-0.3, -0.25) is 4.98 Å². The predicted molar refractivity (Wildman–Crippen MR) is 60.5 cm³/mol. The fraction of sp³-hybridized carbons (Fsp3) is 0.400. The van der Waals surface area contributed by atoms with E-state index < -0.39 is 12.1 Å². The van der Waals surface area contributed by atoms with Crippen LogP contribution in [0.15, 0.2) is 18.5 Å².